The van der Waals surface area contributed by atoms with Crippen molar-refractivity contribution in [2.75, 3.05) is 36.9 Å². The SMILES string of the molecule is C=C/C(=C\C=C(/C)N1CCOCC1)Nc1nccc(Nc2cnc3ccccc3c2)n1. The van der Waals surface area contributed by atoms with E-state index in [4.69, 9.17) is 4.74 Å². The van der Waals surface area contributed by atoms with Gasteiger partial charge in [0.25, 0.3) is 0 Å². The van der Waals surface area contributed by atoms with E-state index in [9.17, 15) is 0 Å². The minimum atomic E-state index is 0.488. The number of para-hydroxylation sites is 1. The molecule has 1 aromatic carbocycles. The first kappa shape index (κ1) is 20.6. The van der Waals surface area contributed by atoms with Crippen LogP contribution in [0.3, 0.4) is 0 Å². The summed E-state index contributed by atoms with van der Waals surface area (Å²) < 4.78 is 5.41. The van der Waals surface area contributed by atoms with Crippen LogP contribution in [-0.2, 0) is 4.74 Å². The Labute approximate surface area is 182 Å². The van der Waals surface area contributed by atoms with Gasteiger partial charge in [-0.3, -0.25) is 4.98 Å². The molecule has 0 atom stereocenters. The molecule has 1 aliphatic rings. The largest absolute Gasteiger partial charge is 0.378 e. The van der Waals surface area contributed by atoms with E-state index in [1.54, 1.807) is 18.5 Å². The summed E-state index contributed by atoms with van der Waals surface area (Å²) in [6.07, 6.45) is 9.31. The first-order valence-electron chi connectivity index (χ1n) is 10.3. The standard InChI is InChI=1S/C24H26N6O/c1-3-20(9-8-18(2)30-12-14-31-15-13-30)28-24-25-11-10-23(29-24)27-21-16-19-6-4-5-7-22(19)26-17-21/h3-11,16-17H,1,12-15H2,2H3,(H2,25,27,28,29)/b18-8+,20-9+. The summed E-state index contributed by atoms with van der Waals surface area (Å²) in [5, 5.41) is 7.58. The fourth-order valence-corrected chi connectivity index (χ4v) is 3.30. The van der Waals surface area contributed by atoms with Crippen LogP contribution in [0.5, 0.6) is 0 Å². The number of morpholine rings is 1. The minimum absolute atomic E-state index is 0.488. The molecule has 1 saturated heterocycles. The quantitative estimate of drug-likeness (QED) is 0.552. The first-order valence-corrected chi connectivity index (χ1v) is 10.3. The highest BCUT2D eigenvalue weighted by Gasteiger charge is 2.09. The average Bonchev–Trinajstić information content (AvgIpc) is 2.82. The van der Waals surface area contributed by atoms with Crippen molar-refractivity contribution in [1.82, 2.24) is 19.9 Å². The van der Waals surface area contributed by atoms with Crippen LogP contribution >= 0.6 is 0 Å². The van der Waals surface area contributed by atoms with Gasteiger partial charge in [0.2, 0.25) is 5.95 Å². The predicted molar refractivity (Wildman–Crippen MR) is 125 cm³/mol. The molecule has 2 aromatic heterocycles. The van der Waals surface area contributed by atoms with Gasteiger partial charge in [-0.15, -0.1) is 0 Å². The van der Waals surface area contributed by atoms with Gasteiger partial charge in [-0.05, 0) is 43.4 Å². The third-order valence-corrected chi connectivity index (χ3v) is 5.01. The molecule has 0 aliphatic carbocycles. The third-order valence-electron chi connectivity index (χ3n) is 5.01. The Morgan fingerprint density at radius 2 is 1.97 bits per heavy atom. The van der Waals surface area contributed by atoms with Gasteiger partial charge in [0.15, 0.2) is 0 Å². The summed E-state index contributed by atoms with van der Waals surface area (Å²) in [6.45, 7) is 9.34. The van der Waals surface area contributed by atoms with Crippen LogP contribution in [0.1, 0.15) is 6.92 Å². The molecule has 7 heteroatoms. The zero-order chi connectivity index (χ0) is 21.5. The molecular formula is C24H26N6O. The van der Waals surface area contributed by atoms with E-state index >= 15 is 0 Å². The number of pyridine rings is 1. The van der Waals surface area contributed by atoms with Gasteiger partial charge in [0, 0.05) is 36.1 Å². The second-order valence-electron chi connectivity index (χ2n) is 7.17. The summed E-state index contributed by atoms with van der Waals surface area (Å²) >= 11 is 0. The maximum absolute atomic E-state index is 5.41. The second-order valence-corrected chi connectivity index (χ2v) is 7.17. The van der Waals surface area contributed by atoms with E-state index in [0.29, 0.717) is 11.8 Å². The Morgan fingerprint density at radius 3 is 2.81 bits per heavy atom. The first-order chi connectivity index (χ1) is 15.2. The predicted octanol–water partition coefficient (Wildman–Crippen LogP) is 4.49. The number of hydrogen-bond acceptors (Lipinski definition) is 7. The molecule has 7 nitrogen and oxygen atoms in total. The van der Waals surface area contributed by atoms with E-state index in [2.05, 4.69) is 50.1 Å². The van der Waals surface area contributed by atoms with Crippen molar-refractivity contribution >= 4 is 28.4 Å². The highest BCUT2D eigenvalue weighted by Crippen LogP contribution is 2.20. The Morgan fingerprint density at radius 1 is 1.13 bits per heavy atom. The molecule has 0 saturated carbocycles. The molecule has 31 heavy (non-hydrogen) atoms. The molecule has 0 amide bonds. The van der Waals surface area contributed by atoms with Gasteiger partial charge >= 0.3 is 0 Å². The highest BCUT2D eigenvalue weighted by atomic mass is 16.5. The van der Waals surface area contributed by atoms with Crippen LogP contribution in [-0.4, -0.2) is 46.2 Å². The smallest absolute Gasteiger partial charge is 0.229 e. The lowest BCUT2D eigenvalue weighted by molar-refractivity contribution is 0.0537. The second kappa shape index (κ2) is 9.86. The van der Waals surface area contributed by atoms with E-state index < -0.39 is 0 Å². The topological polar surface area (TPSA) is 75.2 Å². The van der Waals surface area contributed by atoms with E-state index in [1.807, 2.05) is 42.5 Å². The minimum Gasteiger partial charge on any atom is -0.378 e. The van der Waals surface area contributed by atoms with Crippen LogP contribution in [0.15, 0.2) is 85.0 Å². The van der Waals surface area contributed by atoms with Crippen molar-refractivity contribution in [3.05, 3.63) is 85.0 Å². The molecule has 158 valence electrons. The summed E-state index contributed by atoms with van der Waals surface area (Å²) in [6, 6.07) is 11.9. The summed E-state index contributed by atoms with van der Waals surface area (Å²) in [4.78, 5) is 15.7. The fourth-order valence-electron chi connectivity index (χ4n) is 3.30. The molecule has 4 rings (SSSR count). The number of rotatable bonds is 7. The zero-order valence-electron chi connectivity index (χ0n) is 17.6. The number of allylic oxidation sites excluding steroid dienone is 4. The number of hydrogen-bond donors (Lipinski definition) is 2. The van der Waals surface area contributed by atoms with Crippen molar-refractivity contribution in [3.63, 3.8) is 0 Å². The highest BCUT2D eigenvalue weighted by molar-refractivity contribution is 5.82. The van der Waals surface area contributed by atoms with Gasteiger partial charge < -0.3 is 20.3 Å². The molecule has 3 heterocycles. The van der Waals surface area contributed by atoms with Gasteiger partial charge in [-0.2, -0.15) is 4.98 Å². The number of nitrogens with zero attached hydrogens (tertiary/aromatic N) is 4. The molecule has 1 fully saturated rings. The van der Waals surface area contributed by atoms with Crippen LogP contribution in [0.4, 0.5) is 17.5 Å². The molecule has 0 spiro atoms. The van der Waals surface area contributed by atoms with Crippen molar-refractivity contribution in [3.8, 4) is 0 Å². The maximum atomic E-state index is 5.41. The summed E-state index contributed by atoms with van der Waals surface area (Å²) in [5.41, 5.74) is 3.83. The molecule has 2 N–H and O–H groups in total. The third kappa shape index (κ3) is 5.46. The zero-order valence-corrected chi connectivity index (χ0v) is 17.6. The summed E-state index contributed by atoms with van der Waals surface area (Å²) in [5.74, 6) is 1.17. The lowest BCUT2D eigenvalue weighted by Crippen LogP contribution is -2.34. The normalized spacial score (nSPS) is 15.1. The lowest BCUT2D eigenvalue weighted by Gasteiger charge is -2.29. The number of aromatic nitrogens is 3. The summed E-state index contributed by atoms with van der Waals surface area (Å²) in [7, 11) is 0. The Kier molecular flexibility index (Phi) is 6.54. The van der Waals surface area contributed by atoms with Crippen molar-refractivity contribution in [1.29, 1.82) is 0 Å². The van der Waals surface area contributed by atoms with Gasteiger partial charge in [-0.25, -0.2) is 4.98 Å². The number of nitrogens with one attached hydrogen (secondary N) is 2. The van der Waals surface area contributed by atoms with Crippen LogP contribution in [0.2, 0.25) is 0 Å². The van der Waals surface area contributed by atoms with Crippen LogP contribution < -0.4 is 10.6 Å². The number of fused-ring (bicyclic) bond motifs is 1. The molecule has 0 unspecified atom stereocenters. The Bertz CT molecular complexity index is 1120. The molecule has 3 aromatic rings. The van der Waals surface area contributed by atoms with Gasteiger partial charge in [0.1, 0.15) is 5.82 Å². The fraction of sp³-hybridized carbons (Fsp3) is 0.208. The lowest BCUT2D eigenvalue weighted by atomic mass is 10.2. The number of benzene rings is 1. The Balaban J connectivity index is 1.45. The van der Waals surface area contributed by atoms with Crippen molar-refractivity contribution < 1.29 is 4.74 Å². The molecular weight excluding hydrogens is 388 g/mol. The van der Waals surface area contributed by atoms with Gasteiger partial charge in [0.05, 0.1) is 30.6 Å². The number of ether oxygens (including phenoxy) is 1. The molecule has 0 radical (unpaired) electrons. The molecule has 0 bridgehead atoms. The Hall–Kier alpha value is -3.71. The van der Waals surface area contributed by atoms with Crippen molar-refractivity contribution in [2.24, 2.45) is 0 Å². The number of anilines is 3. The van der Waals surface area contributed by atoms with Crippen LogP contribution in [0, 0.1) is 0 Å². The van der Waals surface area contributed by atoms with E-state index in [1.165, 1.54) is 5.70 Å². The van der Waals surface area contributed by atoms with Gasteiger partial charge in [-0.1, -0.05) is 24.8 Å². The molecule has 1 aliphatic heterocycles. The monoisotopic (exact) mass is 414 g/mol. The maximum Gasteiger partial charge on any atom is 0.229 e. The van der Waals surface area contributed by atoms with E-state index in [-0.39, 0.29) is 0 Å². The van der Waals surface area contributed by atoms with E-state index in [0.717, 1.165) is 48.6 Å². The van der Waals surface area contributed by atoms with Crippen molar-refractivity contribution in [2.45, 2.75) is 6.92 Å². The average molecular weight is 415 g/mol. The van der Waals surface area contributed by atoms with Crippen LogP contribution in [0.25, 0.3) is 10.9 Å².